The number of anilines is 1. The molecule has 0 spiro atoms. The predicted octanol–water partition coefficient (Wildman–Crippen LogP) is 1.99. The van der Waals surface area contributed by atoms with Crippen molar-refractivity contribution in [2.24, 2.45) is 0 Å². The van der Waals surface area contributed by atoms with Crippen molar-refractivity contribution >= 4 is 34.6 Å². The summed E-state index contributed by atoms with van der Waals surface area (Å²) in [5.41, 5.74) is 1.88. The van der Waals surface area contributed by atoms with Crippen LogP contribution < -0.4 is 5.32 Å². The molecule has 1 aromatic rings. The van der Waals surface area contributed by atoms with E-state index in [1.54, 1.807) is 0 Å². The number of benzene rings is 1. The van der Waals surface area contributed by atoms with Crippen LogP contribution in [0.4, 0.5) is 10.5 Å². The maximum absolute atomic E-state index is 12.1. The van der Waals surface area contributed by atoms with Gasteiger partial charge in [-0.1, -0.05) is 30.0 Å². The fraction of sp³-hybridized carbons (Fsp3) is 0.357. The molecule has 1 fully saturated rings. The average Bonchev–Trinajstić information content (AvgIpc) is 2.73. The van der Waals surface area contributed by atoms with Gasteiger partial charge in [-0.25, -0.2) is 0 Å². The van der Waals surface area contributed by atoms with Crippen LogP contribution in [0, 0.1) is 6.92 Å². The molecule has 112 valence electrons. The van der Waals surface area contributed by atoms with Gasteiger partial charge < -0.3 is 10.1 Å². The first-order valence-corrected chi connectivity index (χ1v) is 7.29. The van der Waals surface area contributed by atoms with Crippen molar-refractivity contribution in [1.82, 2.24) is 4.90 Å². The number of hydrogen-bond acceptors (Lipinski definition) is 6. The fourth-order valence-electron chi connectivity index (χ4n) is 1.94. The van der Waals surface area contributed by atoms with Gasteiger partial charge in [0, 0.05) is 5.69 Å². The molecule has 1 unspecified atom stereocenters. The summed E-state index contributed by atoms with van der Waals surface area (Å²) in [5, 5.41) is 2.02. The molecule has 21 heavy (non-hydrogen) atoms. The number of rotatable bonds is 5. The summed E-state index contributed by atoms with van der Waals surface area (Å²) in [6.45, 7) is 2.03. The number of nitrogens with one attached hydrogen (secondary N) is 1. The van der Waals surface area contributed by atoms with Crippen molar-refractivity contribution in [1.29, 1.82) is 0 Å². The van der Waals surface area contributed by atoms with Crippen molar-refractivity contribution in [3.8, 4) is 0 Å². The normalized spacial score (nSPS) is 18.0. The van der Waals surface area contributed by atoms with Crippen molar-refractivity contribution < 1.29 is 19.1 Å². The van der Waals surface area contributed by atoms with Gasteiger partial charge in [0.1, 0.15) is 5.25 Å². The summed E-state index contributed by atoms with van der Waals surface area (Å²) in [6.07, 6.45) is -0.0907. The third kappa shape index (κ3) is 3.55. The van der Waals surface area contributed by atoms with Crippen molar-refractivity contribution in [2.75, 3.05) is 19.1 Å². The zero-order valence-electron chi connectivity index (χ0n) is 11.8. The highest BCUT2D eigenvalue weighted by molar-refractivity contribution is 8.15. The molecule has 1 heterocycles. The summed E-state index contributed by atoms with van der Waals surface area (Å²) in [6, 6.07) is 7.59. The second-order valence-corrected chi connectivity index (χ2v) is 5.72. The number of thioether (sulfide) groups is 1. The van der Waals surface area contributed by atoms with E-state index in [1.165, 1.54) is 7.11 Å². The predicted molar refractivity (Wildman–Crippen MR) is 79.9 cm³/mol. The molecular weight excluding hydrogens is 292 g/mol. The van der Waals surface area contributed by atoms with E-state index in [0.717, 1.165) is 27.9 Å². The molecule has 0 aromatic heterocycles. The van der Waals surface area contributed by atoms with Crippen molar-refractivity contribution in [2.45, 2.75) is 18.6 Å². The molecule has 1 saturated heterocycles. The lowest BCUT2D eigenvalue weighted by atomic mass is 10.2. The number of esters is 1. The molecule has 7 heteroatoms. The standard InChI is InChI=1S/C14H16N2O4S/c1-9-5-3-4-6-10(9)15-8-16-13(18)11(21-14(16)19)7-12(17)20-2/h3-6,11,15H,7-8H2,1-2H3. The number of amides is 2. The second-order valence-electron chi connectivity index (χ2n) is 4.57. The minimum Gasteiger partial charge on any atom is -0.469 e. The highest BCUT2D eigenvalue weighted by Crippen LogP contribution is 2.29. The van der Waals surface area contributed by atoms with Crippen LogP contribution in [0.2, 0.25) is 0 Å². The van der Waals surface area contributed by atoms with Crippen LogP contribution in [-0.2, 0) is 14.3 Å². The smallest absolute Gasteiger partial charge is 0.307 e. The van der Waals surface area contributed by atoms with E-state index in [9.17, 15) is 14.4 Å². The van der Waals surface area contributed by atoms with Crippen molar-refractivity contribution in [3.63, 3.8) is 0 Å². The van der Waals surface area contributed by atoms with E-state index in [-0.39, 0.29) is 24.2 Å². The van der Waals surface area contributed by atoms with Gasteiger partial charge in [0.05, 0.1) is 20.2 Å². The molecule has 2 rings (SSSR count). The number of methoxy groups -OCH3 is 1. The first-order valence-electron chi connectivity index (χ1n) is 6.41. The Morgan fingerprint density at radius 2 is 2.10 bits per heavy atom. The van der Waals surface area contributed by atoms with E-state index >= 15 is 0 Å². The Bertz CT molecular complexity index is 576. The second kappa shape index (κ2) is 6.62. The Hall–Kier alpha value is -2.02. The van der Waals surface area contributed by atoms with Gasteiger partial charge >= 0.3 is 5.97 Å². The van der Waals surface area contributed by atoms with E-state index in [1.807, 2.05) is 31.2 Å². The average molecular weight is 308 g/mol. The first-order chi connectivity index (χ1) is 10.0. The molecule has 1 atom stereocenters. The summed E-state index contributed by atoms with van der Waals surface area (Å²) < 4.78 is 4.53. The van der Waals surface area contributed by atoms with Gasteiger partial charge in [0.2, 0.25) is 5.91 Å². The van der Waals surface area contributed by atoms with Crippen LogP contribution in [0.15, 0.2) is 24.3 Å². The Labute approximate surface area is 126 Å². The van der Waals surface area contributed by atoms with Gasteiger partial charge in [0.25, 0.3) is 5.24 Å². The first kappa shape index (κ1) is 15.4. The van der Waals surface area contributed by atoms with Crippen LogP contribution in [0.3, 0.4) is 0 Å². The highest BCUT2D eigenvalue weighted by Gasteiger charge is 2.40. The molecule has 0 saturated carbocycles. The topological polar surface area (TPSA) is 75.7 Å². The summed E-state index contributed by atoms with van der Waals surface area (Å²) in [7, 11) is 1.26. The maximum Gasteiger partial charge on any atom is 0.307 e. The van der Waals surface area contributed by atoms with Gasteiger partial charge in [-0.2, -0.15) is 0 Å². The quantitative estimate of drug-likeness (QED) is 0.838. The van der Waals surface area contributed by atoms with Gasteiger partial charge in [-0.05, 0) is 18.6 Å². The lowest BCUT2D eigenvalue weighted by Gasteiger charge is -2.16. The number of hydrogen-bond donors (Lipinski definition) is 1. The summed E-state index contributed by atoms with van der Waals surface area (Å²) in [4.78, 5) is 36.3. The largest absolute Gasteiger partial charge is 0.469 e. The van der Waals surface area contributed by atoms with E-state index in [4.69, 9.17) is 0 Å². The molecule has 6 nitrogen and oxygen atoms in total. The summed E-state index contributed by atoms with van der Waals surface area (Å²) >= 11 is 0.861. The minimum absolute atomic E-state index is 0.0905. The Morgan fingerprint density at radius 1 is 1.38 bits per heavy atom. The monoisotopic (exact) mass is 308 g/mol. The van der Waals surface area contributed by atoms with Crippen LogP contribution in [-0.4, -0.2) is 41.0 Å². The lowest BCUT2D eigenvalue weighted by Crippen LogP contribution is -2.36. The van der Waals surface area contributed by atoms with Gasteiger partial charge in [-0.3, -0.25) is 19.3 Å². The molecular formula is C14H16N2O4S. The molecule has 1 N–H and O–H groups in total. The lowest BCUT2D eigenvalue weighted by molar-refractivity contribution is -0.142. The molecule has 1 aliphatic heterocycles. The van der Waals surface area contributed by atoms with Gasteiger partial charge in [-0.15, -0.1) is 0 Å². The van der Waals surface area contributed by atoms with Crippen LogP contribution in [0.25, 0.3) is 0 Å². The van der Waals surface area contributed by atoms with E-state index < -0.39 is 11.2 Å². The molecule has 0 radical (unpaired) electrons. The zero-order chi connectivity index (χ0) is 15.4. The van der Waals surface area contributed by atoms with Crippen molar-refractivity contribution in [3.05, 3.63) is 29.8 Å². The van der Waals surface area contributed by atoms with Crippen LogP contribution in [0.1, 0.15) is 12.0 Å². The number of ether oxygens (including phenoxy) is 1. The number of imide groups is 1. The number of carbonyl (C=O) groups excluding carboxylic acids is 3. The Kier molecular flexibility index (Phi) is 4.85. The number of para-hydroxylation sites is 1. The third-order valence-electron chi connectivity index (χ3n) is 3.16. The number of carbonyl (C=O) groups is 3. The maximum atomic E-state index is 12.1. The fourth-order valence-corrected chi connectivity index (χ4v) is 2.91. The molecule has 2 amide bonds. The molecule has 1 aromatic carbocycles. The van der Waals surface area contributed by atoms with Crippen LogP contribution >= 0.6 is 11.8 Å². The number of aryl methyl sites for hydroxylation is 1. The third-order valence-corrected chi connectivity index (χ3v) is 4.23. The molecule has 0 aliphatic carbocycles. The minimum atomic E-state index is -0.691. The van der Waals surface area contributed by atoms with Crippen LogP contribution in [0.5, 0.6) is 0 Å². The van der Waals surface area contributed by atoms with Gasteiger partial charge in [0.15, 0.2) is 0 Å². The Balaban J connectivity index is 1.98. The SMILES string of the molecule is COC(=O)CC1SC(=O)N(CNc2ccccc2C)C1=O. The molecule has 1 aliphatic rings. The van der Waals surface area contributed by atoms with E-state index in [0.29, 0.717) is 0 Å². The summed E-state index contributed by atoms with van der Waals surface area (Å²) in [5.74, 6) is -0.862. The molecule has 0 bridgehead atoms. The number of nitrogens with zero attached hydrogens (tertiary/aromatic N) is 1. The van der Waals surface area contributed by atoms with E-state index in [2.05, 4.69) is 10.1 Å². The highest BCUT2D eigenvalue weighted by atomic mass is 32.2. The zero-order valence-corrected chi connectivity index (χ0v) is 12.6. The Morgan fingerprint density at radius 3 is 2.76 bits per heavy atom.